The van der Waals surface area contributed by atoms with Gasteiger partial charge < -0.3 is 14.8 Å². The molecule has 0 saturated heterocycles. The van der Waals surface area contributed by atoms with Crippen molar-refractivity contribution in [3.05, 3.63) is 23.2 Å². The van der Waals surface area contributed by atoms with Crippen LogP contribution in [0.25, 0.3) is 0 Å². The molecule has 0 aliphatic heterocycles. The molecule has 1 amide bonds. The number of aryl methyl sites for hydroxylation is 2. The van der Waals surface area contributed by atoms with Gasteiger partial charge in [-0.15, -0.1) is 0 Å². The largest absolute Gasteiger partial charge is 0.456 e. The van der Waals surface area contributed by atoms with E-state index in [-0.39, 0.29) is 18.6 Å². The fourth-order valence-electron chi connectivity index (χ4n) is 2.73. The van der Waals surface area contributed by atoms with E-state index < -0.39 is 0 Å². The number of aliphatic hydroxyl groups excluding tert-OH is 1. The van der Waals surface area contributed by atoms with E-state index in [1.807, 2.05) is 19.9 Å². The summed E-state index contributed by atoms with van der Waals surface area (Å²) in [6.45, 7) is 4.24. The van der Waals surface area contributed by atoms with E-state index >= 15 is 0 Å². The summed E-state index contributed by atoms with van der Waals surface area (Å²) in [6, 6.07) is 2.03. The smallest absolute Gasteiger partial charge is 0.287 e. The minimum Gasteiger partial charge on any atom is -0.456 e. The summed E-state index contributed by atoms with van der Waals surface area (Å²) < 4.78 is 5.56. The van der Waals surface area contributed by atoms with Gasteiger partial charge in [-0.05, 0) is 50.2 Å². The van der Waals surface area contributed by atoms with Crippen molar-refractivity contribution in [2.75, 3.05) is 6.61 Å². The van der Waals surface area contributed by atoms with E-state index in [4.69, 9.17) is 9.52 Å². The van der Waals surface area contributed by atoms with Gasteiger partial charge >= 0.3 is 0 Å². The van der Waals surface area contributed by atoms with E-state index in [1.54, 1.807) is 0 Å². The highest BCUT2D eigenvalue weighted by Crippen LogP contribution is 2.24. The highest BCUT2D eigenvalue weighted by molar-refractivity contribution is 5.92. The normalized spacial score (nSPS) is 23.3. The number of carbonyl (C=O) groups is 1. The summed E-state index contributed by atoms with van der Waals surface area (Å²) in [5.41, 5.74) is 1.04. The lowest BCUT2D eigenvalue weighted by Gasteiger charge is -2.27. The molecule has 1 aromatic heterocycles. The van der Waals surface area contributed by atoms with Crippen molar-refractivity contribution in [2.24, 2.45) is 5.92 Å². The fourth-order valence-corrected chi connectivity index (χ4v) is 2.73. The van der Waals surface area contributed by atoms with Crippen molar-refractivity contribution in [1.29, 1.82) is 0 Å². The Morgan fingerprint density at radius 1 is 1.42 bits per heavy atom. The molecule has 106 valence electrons. The van der Waals surface area contributed by atoms with E-state index in [0.29, 0.717) is 11.7 Å². The van der Waals surface area contributed by atoms with Crippen molar-refractivity contribution in [3.63, 3.8) is 0 Å². The van der Waals surface area contributed by atoms with Gasteiger partial charge in [-0.25, -0.2) is 0 Å². The summed E-state index contributed by atoms with van der Waals surface area (Å²) in [5, 5.41) is 12.1. The zero-order valence-electron chi connectivity index (χ0n) is 11.7. The van der Waals surface area contributed by atoms with Crippen molar-refractivity contribution in [2.45, 2.75) is 52.0 Å². The number of rotatable bonds is 4. The lowest BCUT2D eigenvalue weighted by Crippen LogP contribution is -2.37. The molecule has 19 heavy (non-hydrogen) atoms. The number of nitrogens with one attached hydrogen (secondary N) is 1. The number of hydrogen-bond donors (Lipinski definition) is 2. The molecule has 1 aliphatic rings. The third kappa shape index (κ3) is 3.38. The second-order valence-corrected chi connectivity index (χ2v) is 5.44. The van der Waals surface area contributed by atoms with Gasteiger partial charge in [0.15, 0.2) is 5.76 Å². The van der Waals surface area contributed by atoms with Crippen LogP contribution >= 0.6 is 0 Å². The quantitative estimate of drug-likeness (QED) is 0.879. The Balaban J connectivity index is 1.90. The van der Waals surface area contributed by atoms with Crippen LogP contribution in [0.15, 0.2) is 10.5 Å². The second-order valence-electron chi connectivity index (χ2n) is 5.44. The predicted octanol–water partition coefficient (Wildman–Crippen LogP) is 2.43. The van der Waals surface area contributed by atoms with E-state index in [2.05, 4.69) is 5.32 Å². The highest BCUT2D eigenvalue weighted by Gasteiger charge is 2.23. The number of hydrogen-bond acceptors (Lipinski definition) is 3. The van der Waals surface area contributed by atoms with Gasteiger partial charge in [-0.1, -0.05) is 6.92 Å². The Hall–Kier alpha value is -1.29. The van der Waals surface area contributed by atoms with Gasteiger partial charge in [0, 0.05) is 19.1 Å². The average molecular weight is 265 g/mol. The van der Waals surface area contributed by atoms with Crippen LogP contribution in [0.1, 0.15) is 54.5 Å². The van der Waals surface area contributed by atoms with Gasteiger partial charge in [0.2, 0.25) is 0 Å². The monoisotopic (exact) mass is 265 g/mol. The van der Waals surface area contributed by atoms with Crippen LogP contribution in [0.2, 0.25) is 0 Å². The minimum atomic E-state index is -0.116. The topological polar surface area (TPSA) is 62.5 Å². The Labute approximate surface area is 114 Å². The van der Waals surface area contributed by atoms with Crippen LogP contribution < -0.4 is 5.32 Å². The summed E-state index contributed by atoms with van der Waals surface area (Å²) >= 11 is 0. The summed E-state index contributed by atoms with van der Waals surface area (Å²) in [7, 11) is 0. The zero-order valence-corrected chi connectivity index (χ0v) is 11.7. The van der Waals surface area contributed by atoms with Gasteiger partial charge in [0.05, 0.1) is 0 Å². The molecule has 2 N–H and O–H groups in total. The third-order valence-corrected chi connectivity index (χ3v) is 4.01. The van der Waals surface area contributed by atoms with E-state index in [9.17, 15) is 4.79 Å². The lowest BCUT2D eigenvalue weighted by molar-refractivity contribution is 0.0884. The number of furan rings is 1. The maximum Gasteiger partial charge on any atom is 0.287 e. The fraction of sp³-hybridized carbons (Fsp3) is 0.667. The molecule has 1 aliphatic carbocycles. The van der Waals surface area contributed by atoms with Gasteiger partial charge in [0.1, 0.15) is 5.76 Å². The lowest BCUT2D eigenvalue weighted by atomic mass is 9.86. The molecule has 1 fully saturated rings. The predicted molar refractivity (Wildman–Crippen MR) is 73.1 cm³/mol. The first kappa shape index (κ1) is 14.1. The first-order valence-corrected chi connectivity index (χ1v) is 7.15. The SMILES string of the molecule is CCc1oc(C(=O)NC2CCC(CO)CC2)cc1C. The molecule has 4 heteroatoms. The molecule has 0 radical (unpaired) electrons. The molecule has 0 spiro atoms. The molecule has 0 aromatic carbocycles. The van der Waals surface area contributed by atoms with Crippen LogP contribution in [-0.2, 0) is 6.42 Å². The molecule has 0 bridgehead atoms. The Morgan fingerprint density at radius 2 is 2.11 bits per heavy atom. The van der Waals surface area contributed by atoms with E-state index in [0.717, 1.165) is 43.4 Å². The molecular formula is C15H23NO3. The number of amides is 1. The maximum absolute atomic E-state index is 12.1. The molecule has 0 unspecified atom stereocenters. The standard InChI is InChI=1S/C15H23NO3/c1-3-13-10(2)8-14(19-13)15(18)16-12-6-4-11(9-17)5-7-12/h8,11-12,17H,3-7,9H2,1-2H3,(H,16,18). The number of carbonyl (C=O) groups excluding carboxylic acids is 1. The molecular weight excluding hydrogens is 242 g/mol. The van der Waals surface area contributed by atoms with Crippen molar-refractivity contribution in [1.82, 2.24) is 5.32 Å². The van der Waals surface area contributed by atoms with Gasteiger partial charge in [-0.2, -0.15) is 0 Å². The first-order chi connectivity index (χ1) is 9.13. The molecule has 0 atom stereocenters. The minimum absolute atomic E-state index is 0.116. The summed E-state index contributed by atoms with van der Waals surface area (Å²) in [6.07, 6.45) is 4.66. The second kappa shape index (κ2) is 6.24. The molecule has 4 nitrogen and oxygen atoms in total. The molecule has 2 rings (SSSR count). The van der Waals surface area contributed by atoms with Gasteiger partial charge in [0.25, 0.3) is 5.91 Å². The maximum atomic E-state index is 12.1. The van der Waals surface area contributed by atoms with Crippen molar-refractivity contribution < 1.29 is 14.3 Å². The van der Waals surface area contributed by atoms with Gasteiger partial charge in [-0.3, -0.25) is 4.79 Å². The molecule has 1 saturated carbocycles. The van der Waals surface area contributed by atoms with E-state index in [1.165, 1.54) is 0 Å². The average Bonchev–Trinajstić information content (AvgIpc) is 2.81. The highest BCUT2D eigenvalue weighted by atomic mass is 16.4. The van der Waals surface area contributed by atoms with Crippen LogP contribution in [0.3, 0.4) is 0 Å². The molecule has 1 heterocycles. The summed E-state index contributed by atoms with van der Waals surface area (Å²) in [4.78, 5) is 12.1. The van der Waals surface area contributed by atoms with Crippen molar-refractivity contribution in [3.8, 4) is 0 Å². The Morgan fingerprint density at radius 3 is 2.63 bits per heavy atom. The molecule has 1 aromatic rings. The van der Waals surface area contributed by atoms with Crippen molar-refractivity contribution >= 4 is 5.91 Å². The first-order valence-electron chi connectivity index (χ1n) is 7.15. The zero-order chi connectivity index (χ0) is 13.8. The van der Waals surface area contributed by atoms with Crippen LogP contribution in [0, 0.1) is 12.8 Å². The summed E-state index contributed by atoms with van der Waals surface area (Å²) in [5.74, 6) is 1.59. The Bertz CT molecular complexity index is 431. The Kier molecular flexibility index (Phi) is 4.64. The van der Waals surface area contributed by atoms with Crippen LogP contribution in [-0.4, -0.2) is 23.7 Å². The van der Waals surface area contributed by atoms with Crippen LogP contribution in [0.4, 0.5) is 0 Å². The number of aliphatic hydroxyl groups is 1. The third-order valence-electron chi connectivity index (χ3n) is 4.01. The van der Waals surface area contributed by atoms with Crippen LogP contribution in [0.5, 0.6) is 0 Å².